The van der Waals surface area contributed by atoms with E-state index in [2.05, 4.69) is 10.2 Å². The Morgan fingerprint density at radius 3 is 2.65 bits per heavy atom. The Kier molecular flexibility index (Phi) is 5.36. The largest absolute Gasteiger partial charge is 0.394 e. The molecule has 3 unspecified atom stereocenters. The smallest absolute Gasteiger partial charge is 0.237 e. The molecular formula is C12H24N2O3. The van der Waals surface area contributed by atoms with E-state index in [1.807, 2.05) is 27.7 Å². The molecule has 0 aliphatic carbocycles. The van der Waals surface area contributed by atoms with E-state index in [1.54, 1.807) is 0 Å². The van der Waals surface area contributed by atoms with E-state index in [1.165, 1.54) is 0 Å². The predicted molar refractivity (Wildman–Crippen MR) is 65.7 cm³/mol. The fraction of sp³-hybridized carbons (Fsp3) is 0.917. The topological polar surface area (TPSA) is 61.8 Å². The number of carbonyl (C=O) groups excluding carboxylic acids is 1. The third-order valence-electron chi connectivity index (χ3n) is 2.92. The number of carbonyl (C=O) groups is 1. The highest BCUT2D eigenvalue weighted by molar-refractivity contribution is 5.81. The van der Waals surface area contributed by atoms with Crippen molar-refractivity contribution >= 4 is 5.91 Å². The second-order valence-electron chi connectivity index (χ2n) is 5.04. The Labute approximate surface area is 103 Å². The van der Waals surface area contributed by atoms with Gasteiger partial charge in [-0.25, -0.2) is 0 Å². The van der Waals surface area contributed by atoms with Crippen LogP contribution in [-0.2, 0) is 9.53 Å². The molecule has 0 aromatic carbocycles. The second-order valence-corrected chi connectivity index (χ2v) is 5.04. The minimum absolute atomic E-state index is 0.000635. The molecular weight excluding hydrogens is 220 g/mol. The van der Waals surface area contributed by atoms with Crippen LogP contribution in [0.25, 0.3) is 0 Å². The summed E-state index contributed by atoms with van der Waals surface area (Å²) in [6, 6.07) is -0.0325. The Bertz CT molecular complexity index is 258. The Balaban J connectivity index is 2.55. The highest BCUT2D eigenvalue weighted by Crippen LogP contribution is 2.13. The number of rotatable bonds is 4. The van der Waals surface area contributed by atoms with Gasteiger partial charge in [-0.05, 0) is 27.7 Å². The van der Waals surface area contributed by atoms with E-state index in [0.29, 0.717) is 6.54 Å². The van der Waals surface area contributed by atoms with Crippen molar-refractivity contribution in [1.29, 1.82) is 0 Å². The van der Waals surface area contributed by atoms with Crippen molar-refractivity contribution in [2.24, 2.45) is 0 Å². The average Bonchev–Trinajstić information content (AvgIpc) is 2.26. The number of aliphatic hydroxyl groups excluding tert-OH is 1. The first-order chi connectivity index (χ1) is 7.93. The summed E-state index contributed by atoms with van der Waals surface area (Å²) in [5.74, 6) is 0.0331. The molecule has 1 amide bonds. The maximum atomic E-state index is 11.9. The van der Waals surface area contributed by atoms with Crippen molar-refractivity contribution in [3.8, 4) is 0 Å². The van der Waals surface area contributed by atoms with Crippen molar-refractivity contribution in [2.75, 3.05) is 19.7 Å². The normalized spacial score (nSPS) is 28.1. The van der Waals surface area contributed by atoms with Gasteiger partial charge in [-0.1, -0.05) is 0 Å². The van der Waals surface area contributed by atoms with Crippen molar-refractivity contribution in [1.82, 2.24) is 10.2 Å². The van der Waals surface area contributed by atoms with Gasteiger partial charge in [-0.2, -0.15) is 0 Å². The summed E-state index contributed by atoms with van der Waals surface area (Å²) in [6.45, 7) is 9.08. The van der Waals surface area contributed by atoms with Gasteiger partial charge in [0.25, 0.3) is 0 Å². The van der Waals surface area contributed by atoms with Crippen LogP contribution in [0.15, 0.2) is 0 Å². The first-order valence-corrected chi connectivity index (χ1v) is 6.24. The lowest BCUT2D eigenvalue weighted by Gasteiger charge is -2.39. The van der Waals surface area contributed by atoms with Gasteiger partial charge in [-0.3, -0.25) is 9.69 Å². The Morgan fingerprint density at radius 1 is 1.47 bits per heavy atom. The number of hydrogen-bond acceptors (Lipinski definition) is 4. The fourth-order valence-corrected chi connectivity index (χ4v) is 2.07. The molecule has 1 rings (SSSR count). The number of aliphatic hydroxyl groups is 1. The van der Waals surface area contributed by atoms with Crippen molar-refractivity contribution in [2.45, 2.75) is 52.0 Å². The predicted octanol–water partition coefficient (Wildman–Crippen LogP) is -0.0189. The molecule has 100 valence electrons. The first-order valence-electron chi connectivity index (χ1n) is 6.24. The molecule has 2 N–H and O–H groups in total. The summed E-state index contributed by atoms with van der Waals surface area (Å²) >= 11 is 0. The minimum Gasteiger partial charge on any atom is -0.394 e. The molecule has 0 saturated carbocycles. The number of nitrogens with one attached hydrogen (secondary N) is 1. The zero-order valence-electron chi connectivity index (χ0n) is 11.1. The number of nitrogens with zero attached hydrogens (tertiary/aromatic N) is 1. The summed E-state index contributed by atoms with van der Waals surface area (Å²) in [4.78, 5) is 14.0. The summed E-state index contributed by atoms with van der Waals surface area (Å²) in [6.07, 6.45) is -0.136. The maximum absolute atomic E-state index is 11.9. The molecule has 0 aromatic rings. The van der Waals surface area contributed by atoms with Crippen LogP contribution in [0, 0.1) is 0 Å². The third kappa shape index (κ3) is 4.26. The van der Waals surface area contributed by atoms with E-state index in [0.717, 1.165) is 6.54 Å². The summed E-state index contributed by atoms with van der Waals surface area (Å²) in [5.41, 5.74) is 0. The molecule has 1 fully saturated rings. The second kappa shape index (κ2) is 6.33. The lowest BCUT2D eigenvalue weighted by Crippen LogP contribution is -2.55. The van der Waals surface area contributed by atoms with Crippen molar-refractivity contribution in [3.05, 3.63) is 0 Å². The number of amides is 1. The highest BCUT2D eigenvalue weighted by Gasteiger charge is 2.30. The zero-order valence-corrected chi connectivity index (χ0v) is 11.1. The van der Waals surface area contributed by atoms with E-state index in [-0.39, 0.29) is 36.8 Å². The maximum Gasteiger partial charge on any atom is 0.237 e. The van der Waals surface area contributed by atoms with Gasteiger partial charge in [0.05, 0.1) is 24.9 Å². The summed E-state index contributed by atoms with van der Waals surface area (Å²) in [5, 5.41) is 12.0. The van der Waals surface area contributed by atoms with Crippen LogP contribution in [0.4, 0.5) is 0 Å². The van der Waals surface area contributed by atoms with Crippen LogP contribution in [0.1, 0.15) is 27.7 Å². The molecule has 3 atom stereocenters. The van der Waals surface area contributed by atoms with E-state index in [9.17, 15) is 4.79 Å². The number of hydrogen-bond donors (Lipinski definition) is 2. The fourth-order valence-electron chi connectivity index (χ4n) is 2.07. The van der Waals surface area contributed by atoms with Crippen LogP contribution in [0.5, 0.6) is 0 Å². The Hall–Kier alpha value is -0.650. The minimum atomic E-state index is -0.187. The molecule has 1 saturated heterocycles. The number of ether oxygens (including phenoxy) is 1. The van der Waals surface area contributed by atoms with E-state index in [4.69, 9.17) is 9.84 Å². The molecule has 0 radical (unpaired) electrons. The van der Waals surface area contributed by atoms with Gasteiger partial charge in [-0.15, -0.1) is 0 Å². The monoisotopic (exact) mass is 244 g/mol. The molecule has 0 aromatic heterocycles. The molecule has 5 nitrogen and oxygen atoms in total. The highest BCUT2D eigenvalue weighted by atomic mass is 16.5. The average molecular weight is 244 g/mol. The molecule has 1 aliphatic heterocycles. The van der Waals surface area contributed by atoms with Crippen molar-refractivity contribution < 1.29 is 14.6 Å². The lowest BCUT2D eigenvalue weighted by molar-refractivity contribution is -0.135. The van der Waals surface area contributed by atoms with Crippen LogP contribution < -0.4 is 5.32 Å². The third-order valence-corrected chi connectivity index (χ3v) is 2.92. The van der Waals surface area contributed by atoms with Gasteiger partial charge in [0.1, 0.15) is 0 Å². The van der Waals surface area contributed by atoms with Gasteiger partial charge in [0.2, 0.25) is 5.91 Å². The van der Waals surface area contributed by atoms with Crippen LogP contribution in [-0.4, -0.2) is 59.9 Å². The van der Waals surface area contributed by atoms with Crippen molar-refractivity contribution in [3.63, 3.8) is 0 Å². The SMILES string of the molecule is CC(C)NC(=O)C(C)N1CC(C)OC(CO)C1. The summed E-state index contributed by atoms with van der Waals surface area (Å²) in [7, 11) is 0. The van der Waals surface area contributed by atoms with Crippen LogP contribution in [0.2, 0.25) is 0 Å². The lowest BCUT2D eigenvalue weighted by atomic mass is 10.1. The van der Waals surface area contributed by atoms with Gasteiger partial charge < -0.3 is 15.2 Å². The number of morpholine rings is 1. The Morgan fingerprint density at radius 2 is 2.12 bits per heavy atom. The quantitative estimate of drug-likeness (QED) is 0.729. The molecule has 5 heteroatoms. The van der Waals surface area contributed by atoms with Gasteiger partial charge >= 0.3 is 0 Å². The van der Waals surface area contributed by atoms with Crippen LogP contribution in [0.3, 0.4) is 0 Å². The first kappa shape index (κ1) is 14.4. The molecule has 0 bridgehead atoms. The zero-order chi connectivity index (χ0) is 13.0. The molecule has 17 heavy (non-hydrogen) atoms. The standard InChI is InChI=1S/C12H24N2O3/c1-8(2)13-12(16)10(4)14-5-9(3)17-11(6-14)7-15/h8-11,15H,5-7H2,1-4H3,(H,13,16). The summed E-state index contributed by atoms with van der Waals surface area (Å²) < 4.78 is 5.55. The van der Waals surface area contributed by atoms with E-state index < -0.39 is 0 Å². The molecule has 1 aliphatic rings. The van der Waals surface area contributed by atoms with Crippen LogP contribution >= 0.6 is 0 Å². The van der Waals surface area contributed by atoms with Gasteiger partial charge in [0, 0.05) is 19.1 Å². The molecule has 0 spiro atoms. The molecule has 1 heterocycles. The van der Waals surface area contributed by atoms with E-state index >= 15 is 0 Å². The van der Waals surface area contributed by atoms with Gasteiger partial charge in [0.15, 0.2) is 0 Å².